The number of hydrogen-bond acceptors (Lipinski definition) is 4. The summed E-state index contributed by atoms with van der Waals surface area (Å²) in [6.45, 7) is 2.59. The van der Waals surface area contributed by atoms with Gasteiger partial charge in [0.1, 0.15) is 17.8 Å². The number of nitrogens with zero attached hydrogens (tertiary/aromatic N) is 5. The summed E-state index contributed by atoms with van der Waals surface area (Å²) < 4.78 is 2.27. The molecule has 1 saturated heterocycles. The molecule has 5 rings (SSSR count). The van der Waals surface area contributed by atoms with Gasteiger partial charge in [-0.2, -0.15) is 5.10 Å². The predicted octanol–water partition coefficient (Wildman–Crippen LogP) is 2.60. The fourth-order valence-corrected chi connectivity index (χ4v) is 5.04. The Labute approximate surface area is 153 Å². The molecule has 1 N–H and O–H groups in total. The SMILES string of the molecule is O=C(c1ccn[nH]1)N1CC(c2nncn2CC2CC2)C2(CCCCC2)C1. The third-order valence-corrected chi connectivity index (χ3v) is 6.62. The molecule has 2 saturated carbocycles. The second kappa shape index (κ2) is 6.21. The Balaban J connectivity index is 1.46. The van der Waals surface area contributed by atoms with Gasteiger partial charge in [0.25, 0.3) is 5.91 Å². The van der Waals surface area contributed by atoms with Crippen LogP contribution < -0.4 is 0 Å². The van der Waals surface area contributed by atoms with E-state index in [4.69, 9.17) is 0 Å². The summed E-state index contributed by atoms with van der Waals surface area (Å²) in [5.41, 5.74) is 0.735. The molecule has 1 atom stereocenters. The van der Waals surface area contributed by atoms with Crippen LogP contribution in [-0.2, 0) is 6.54 Å². The van der Waals surface area contributed by atoms with Gasteiger partial charge in [-0.25, -0.2) is 0 Å². The number of hydrogen-bond donors (Lipinski definition) is 1. The molecule has 0 aromatic carbocycles. The summed E-state index contributed by atoms with van der Waals surface area (Å²) in [5, 5.41) is 15.5. The number of aromatic amines is 1. The molecule has 1 unspecified atom stereocenters. The van der Waals surface area contributed by atoms with Crippen molar-refractivity contribution in [2.24, 2.45) is 11.3 Å². The Morgan fingerprint density at radius 3 is 2.85 bits per heavy atom. The van der Waals surface area contributed by atoms with Crippen LogP contribution in [0.25, 0.3) is 0 Å². The Hall–Kier alpha value is -2.18. The quantitative estimate of drug-likeness (QED) is 0.915. The van der Waals surface area contributed by atoms with Crippen molar-refractivity contribution in [1.29, 1.82) is 0 Å². The first-order valence-corrected chi connectivity index (χ1v) is 9.91. The van der Waals surface area contributed by atoms with Gasteiger partial charge in [0.15, 0.2) is 0 Å². The molecule has 2 aliphatic carbocycles. The first kappa shape index (κ1) is 16.0. The molecule has 3 fully saturated rings. The zero-order chi connectivity index (χ0) is 17.6. The van der Waals surface area contributed by atoms with Gasteiger partial charge < -0.3 is 9.47 Å². The van der Waals surface area contributed by atoms with Gasteiger partial charge in [-0.3, -0.25) is 9.89 Å². The summed E-state index contributed by atoms with van der Waals surface area (Å²) in [5.74, 6) is 2.23. The molecule has 1 aliphatic heterocycles. The Morgan fingerprint density at radius 1 is 1.27 bits per heavy atom. The molecule has 26 heavy (non-hydrogen) atoms. The van der Waals surface area contributed by atoms with Gasteiger partial charge >= 0.3 is 0 Å². The Kier molecular flexibility index (Phi) is 3.83. The van der Waals surface area contributed by atoms with Crippen molar-refractivity contribution >= 4 is 5.91 Å². The summed E-state index contributed by atoms with van der Waals surface area (Å²) in [6.07, 6.45) is 12.3. The molecular weight excluding hydrogens is 328 g/mol. The first-order valence-electron chi connectivity index (χ1n) is 9.91. The number of nitrogens with one attached hydrogen (secondary N) is 1. The second-order valence-corrected chi connectivity index (χ2v) is 8.42. The standard InChI is InChI=1S/C19H26N6O/c26-18(16-6-9-20-22-16)24-11-15(19(12-24)7-2-1-3-8-19)17-23-21-13-25(17)10-14-4-5-14/h6,9,13-15H,1-5,7-8,10-12H2,(H,20,22). The van der Waals surface area contributed by atoms with Gasteiger partial charge in [-0.05, 0) is 43.1 Å². The van der Waals surface area contributed by atoms with Gasteiger partial charge in [0, 0.05) is 31.7 Å². The molecule has 138 valence electrons. The third-order valence-electron chi connectivity index (χ3n) is 6.62. The van der Waals surface area contributed by atoms with E-state index in [0.717, 1.165) is 31.4 Å². The van der Waals surface area contributed by atoms with Crippen LogP contribution >= 0.6 is 0 Å². The van der Waals surface area contributed by atoms with E-state index in [9.17, 15) is 4.79 Å². The molecular formula is C19H26N6O. The third kappa shape index (κ3) is 2.73. The van der Waals surface area contributed by atoms with Crippen LogP contribution in [-0.4, -0.2) is 48.9 Å². The van der Waals surface area contributed by atoms with Crippen molar-refractivity contribution in [2.45, 2.75) is 57.4 Å². The maximum Gasteiger partial charge on any atom is 0.271 e. The van der Waals surface area contributed by atoms with E-state index >= 15 is 0 Å². The number of aromatic nitrogens is 5. The zero-order valence-corrected chi connectivity index (χ0v) is 15.1. The van der Waals surface area contributed by atoms with Gasteiger partial charge in [0.05, 0.1) is 0 Å². The van der Waals surface area contributed by atoms with Gasteiger partial charge in [-0.1, -0.05) is 19.3 Å². The number of carbonyl (C=O) groups excluding carboxylic acids is 1. The Bertz CT molecular complexity index is 772. The van der Waals surface area contributed by atoms with E-state index in [1.807, 2.05) is 11.2 Å². The molecule has 3 heterocycles. The summed E-state index contributed by atoms with van der Waals surface area (Å²) in [7, 11) is 0. The highest BCUT2D eigenvalue weighted by atomic mass is 16.2. The summed E-state index contributed by atoms with van der Waals surface area (Å²) >= 11 is 0. The van der Waals surface area contributed by atoms with Gasteiger partial charge in [-0.15, -0.1) is 10.2 Å². The van der Waals surface area contributed by atoms with E-state index in [-0.39, 0.29) is 17.2 Å². The van der Waals surface area contributed by atoms with Crippen molar-refractivity contribution in [1.82, 2.24) is 29.9 Å². The van der Waals surface area contributed by atoms with Crippen molar-refractivity contribution in [3.8, 4) is 0 Å². The number of rotatable bonds is 4. The van der Waals surface area contributed by atoms with Crippen molar-refractivity contribution in [3.05, 3.63) is 30.1 Å². The predicted molar refractivity (Wildman–Crippen MR) is 95.5 cm³/mol. The van der Waals surface area contributed by atoms with Crippen LogP contribution in [0.1, 0.15) is 67.2 Å². The lowest BCUT2D eigenvalue weighted by Crippen LogP contribution is -2.34. The zero-order valence-electron chi connectivity index (χ0n) is 15.1. The fraction of sp³-hybridized carbons (Fsp3) is 0.684. The average molecular weight is 354 g/mol. The molecule has 0 radical (unpaired) electrons. The average Bonchev–Trinajstić information content (AvgIpc) is 3.05. The lowest BCUT2D eigenvalue weighted by atomic mass is 9.67. The maximum absolute atomic E-state index is 12.9. The Morgan fingerprint density at radius 2 is 2.12 bits per heavy atom. The molecule has 3 aliphatic rings. The van der Waals surface area contributed by atoms with Crippen LogP contribution in [0, 0.1) is 11.3 Å². The smallest absolute Gasteiger partial charge is 0.271 e. The first-order chi connectivity index (χ1) is 12.8. The van der Waals surface area contributed by atoms with Crippen molar-refractivity contribution in [3.63, 3.8) is 0 Å². The minimum Gasteiger partial charge on any atom is -0.336 e. The summed E-state index contributed by atoms with van der Waals surface area (Å²) in [6, 6.07) is 1.76. The molecule has 0 bridgehead atoms. The fourth-order valence-electron chi connectivity index (χ4n) is 5.04. The normalized spacial score (nSPS) is 25.1. The lowest BCUT2D eigenvalue weighted by Gasteiger charge is -2.37. The van der Waals surface area contributed by atoms with Crippen LogP contribution in [0.5, 0.6) is 0 Å². The molecule has 7 nitrogen and oxygen atoms in total. The van der Waals surface area contributed by atoms with Crippen molar-refractivity contribution in [2.75, 3.05) is 13.1 Å². The molecule has 1 spiro atoms. The van der Waals surface area contributed by atoms with Crippen molar-refractivity contribution < 1.29 is 4.79 Å². The number of carbonyl (C=O) groups is 1. The van der Waals surface area contributed by atoms with E-state index in [1.54, 1.807) is 12.3 Å². The van der Waals surface area contributed by atoms with E-state index in [1.165, 1.54) is 44.9 Å². The highest BCUT2D eigenvalue weighted by Gasteiger charge is 2.50. The number of likely N-dealkylation sites (tertiary alicyclic amines) is 1. The lowest BCUT2D eigenvalue weighted by molar-refractivity contribution is 0.0752. The largest absolute Gasteiger partial charge is 0.336 e. The van der Waals surface area contributed by atoms with E-state index in [0.29, 0.717) is 5.69 Å². The van der Waals surface area contributed by atoms with Crippen LogP contribution in [0.3, 0.4) is 0 Å². The molecule has 1 amide bonds. The number of amides is 1. The highest BCUT2D eigenvalue weighted by molar-refractivity contribution is 5.92. The minimum atomic E-state index is 0.0585. The van der Waals surface area contributed by atoms with E-state index in [2.05, 4.69) is 25.0 Å². The highest BCUT2D eigenvalue weighted by Crippen LogP contribution is 2.52. The van der Waals surface area contributed by atoms with E-state index < -0.39 is 0 Å². The summed E-state index contributed by atoms with van der Waals surface area (Å²) in [4.78, 5) is 14.9. The topological polar surface area (TPSA) is 79.7 Å². The monoisotopic (exact) mass is 354 g/mol. The van der Waals surface area contributed by atoms with Crippen LogP contribution in [0.2, 0.25) is 0 Å². The molecule has 7 heteroatoms. The van der Waals surface area contributed by atoms with Crippen LogP contribution in [0.15, 0.2) is 18.6 Å². The van der Waals surface area contributed by atoms with Crippen LogP contribution in [0.4, 0.5) is 0 Å². The minimum absolute atomic E-state index is 0.0585. The molecule has 2 aromatic rings. The second-order valence-electron chi connectivity index (χ2n) is 8.42. The number of H-pyrrole nitrogens is 1. The molecule has 2 aromatic heterocycles. The van der Waals surface area contributed by atoms with Gasteiger partial charge in [0.2, 0.25) is 0 Å². The maximum atomic E-state index is 12.9.